The standard InChI is InChI=1S/C18H26F2N2O2/c19-18(20)24-16-9-7-15(8-10-16)17(23)21-11-3-1-4-12-22-13-5-2-6-14-22/h7-10,18H,1-6,11-14H2,(H,21,23). The van der Waals surface area contributed by atoms with Crippen LogP contribution < -0.4 is 10.1 Å². The van der Waals surface area contributed by atoms with Gasteiger partial charge in [0, 0.05) is 12.1 Å². The molecule has 4 nitrogen and oxygen atoms in total. The van der Waals surface area contributed by atoms with E-state index in [2.05, 4.69) is 15.0 Å². The highest BCUT2D eigenvalue weighted by atomic mass is 19.3. The van der Waals surface area contributed by atoms with Crippen molar-refractivity contribution in [2.75, 3.05) is 26.2 Å². The highest BCUT2D eigenvalue weighted by Crippen LogP contribution is 2.15. The van der Waals surface area contributed by atoms with Gasteiger partial charge in [-0.05, 0) is 69.6 Å². The molecule has 1 aliphatic rings. The maximum Gasteiger partial charge on any atom is 0.387 e. The van der Waals surface area contributed by atoms with E-state index in [0.717, 1.165) is 25.8 Å². The maximum atomic E-state index is 12.1. The molecule has 1 fully saturated rings. The third-order valence-corrected chi connectivity index (χ3v) is 4.23. The Morgan fingerprint density at radius 2 is 1.79 bits per heavy atom. The molecule has 134 valence electrons. The number of ether oxygens (including phenoxy) is 1. The number of nitrogens with one attached hydrogen (secondary N) is 1. The van der Waals surface area contributed by atoms with Crippen molar-refractivity contribution in [3.8, 4) is 5.75 Å². The molecule has 1 aromatic rings. The molecular formula is C18H26F2N2O2. The van der Waals surface area contributed by atoms with Gasteiger partial charge in [-0.1, -0.05) is 12.8 Å². The van der Waals surface area contributed by atoms with Crippen molar-refractivity contribution in [3.05, 3.63) is 29.8 Å². The van der Waals surface area contributed by atoms with Gasteiger partial charge in [-0.3, -0.25) is 4.79 Å². The van der Waals surface area contributed by atoms with E-state index in [1.807, 2.05) is 0 Å². The Bertz CT molecular complexity index is 488. The average Bonchev–Trinajstić information content (AvgIpc) is 2.59. The van der Waals surface area contributed by atoms with Gasteiger partial charge < -0.3 is 15.0 Å². The monoisotopic (exact) mass is 340 g/mol. The highest BCUT2D eigenvalue weighted by Gasteiger charge is 2.09. The molecule has 1 heterocycles. The van der Waals surface area contributed by atoms with Crippen LogP contribution in [0.3, 0.4) is 0 Å². The predicted molar refractivity (Wildman–Crippen MR) is 89.5 cm³/mol. The first-order valence-electron chi connectivity index (χ1n) is 8.70. The number of unbranched alkanes of at least 4 members (excludes halogenated alkanes) is 2. The molecule has 0 spiro atoms. The molecule has 0 aliphatic carbocycles. The van der Waals surface area contributed by atoms with Crippen LogP contribution in [0, 0.1) is 0 Å². The number of hydrogen-bond donors (Lipinski definition) is 1. The van der Waals surface area contributed by atoms with Crippen LogP contribution in [0.25, 0.3) is 0 Å². The van der Waals surface area contributed by atoms with Gasteiger partial charge in [0.1, 0.15) is 5.75 Å². The molecule has 6 heteroatoms. The number of rotatable bonds is 9. The lowest BCUT2D eigenvalue weighted by molar-refractivity contribution is -0.0498. The zero-order chi connectivity index (χ0) is 17.2. The Hall–Kier alpha value is -1.69. The Balaban J connectivity index is 1.57. The largest absolute Gasteiger partial charge is 0.435 e. The van der Waals surface area contributed by atoms with Crippen LogP contribution in [0.5, 0.6) is 5.75 Å². The summed E-state index contributed by atoms with van der Waals surface area (Å²) in [6, 6.07) is 5.73. The third kappa shape index (κ3) is 6.83. The Morgan fingerprint density at radius 3 is 2.46 bits per heavy atom. The van der Waals surface area contributed by atoms with E-state index < -0.39 is 6.61 Å². The molecule has 1 aliphatic heterocycles. The second-order valence-corrected chi connectivity index (χ2v) is 6.12. The third-order valence-electron chi connectivity index (χ3n) is 4.23. The molecule has 0 aromatic heterocycles. The smallest absolute Gasteiger partial charge is 0.387 e. The number of piperidine rings is 1. The van der Waals surface area contributed by atoms with Crippen LogP contribution in [0.15, 0.2) is 24.3 Å². The fraction of sp³-hybridized carbons (Fsp3) is 0.611. The summed E-state index contributed by atoms with van der Waals surface area (Å²) in [5.74, 6) is -0.131. The summed E-state index contributed by atoms with van der Waals surface area (Å²) in [5, 5.41) is 2.86. The van der Waals surface area contributed by atoms with Crippen molar-refractivity contribution in [1.29, 1.82) is 0 Å². The van der Waals surface area contributed by atoms with Crippen molar-refractivity contribution in [2.45, 2.75) is 45.1 Å². The topological polar surface area (TPSA) is 41.6 Å². The molecule has 0 saturated carbocycles. The van der Waals surface area contributed by atoms with E-state index in [9.17, 15) is 13.6 Å². The first kappa shape index (κ1) is 18.6. The van der Waals surface area contributed by atoms with Gasteiger partial charge in [-0.25, -0.2) is 0 Å². The van der Waals surface area contributed by atoms with E-state index in [4.69, 9.17) is 0 Å². The van der Waals surface area contributed by atoms with Crippen molar-refractivity contribution < 1.29 is 18.3 Å². The molecule has 1 aromatic carbocycles. The summed E-state index contributed by atoms with van der Waals surface area (Å²) in [7, 11) is 0. The number of halogens is 2. The number of alkyl halides is 2. The van der Waals surface area contributed by atoms with Crippen LogP contribution in [-0.2, 0) is 0 Å². The lowest BCUT2D eigenvalue weighted by Crippen LogP contribution is -2.30. The second-order valence-electron chi connectivity index (χ2n) is 6.12. The van der Waals surface area contributed by atoms with E-state index in [1.54, 1.807) is 0 Å². The van der Waals surface area contributed by atoms with Gasteiger partial charge in [0.05, 0.1) is 0 Å². The summed E-state index contributed by atoms with van der Waals surface area (Å²) >= 11 is 0. The van der Waals surface area contributed by atoms with Crippen molar-refractivity contribution in [1.82, 2.24) is 10.2 Å². The molecule has 2 rings (SSSR count). The van der Waals surface area contributed by atoms with Crippen LogP contribution >= 0.6 is 0 Å². The van der Waals surface area contributed by atoms with Gasteiger partial charge in [-0.15, -0.1) is 0 Å². The van der Waals surface area contributed by atoms with Crippen LogP contribution in [0.4, 0.5) is 8.78 Å². The molecular weight excluding hydrogens is 314 g/mol. The molecule has 1 saturated heterocycles. The van der Waals surface area contributed by atoms with E-state index in [0.29, 0.717) is 12.1 Å². The zero-order valence-electron chi connectivity index (χ0n) is 14.0. The normalized spacial score (nSPS) is 15.5. The number of likely N-dealkylation sites (tertiary alicyclic amines) is 1. The van der Waals surface area contributed by atoms with Gasteiger partial charge in [-0.2, -0.15) is 8.78 Å². The fourth-order valence-corrected chi connectivity index (χ4v) is 2.91. The number of nitrogens with zero attached hydrogens (tertiary/aromatic N) is 1. The quantitative estimate of drug-likeness (QED) is 0.697. The summed E-state index contributed by atoms with van der Waals surface area (Å²) in [4.78, 5) is 14.5. The summed E-state index contributed by atoms with van der Waals surface area (Å²) < 4.78 is 28.4. The minimum Gasteiger partial charge on any atom is -0.435 e. The summed E-state index contributed by atoms with van der Waals surface area (Å²) in [6.07, 6.45) is 7.20. The summed E-state index contributed by atoms with van der Waals surface area (Å²) in [5.41, 5.74) is 0.449. The van der Waals surface area contributed by atoms with Gasteiger partial charge in [0.2, 0.25) is 0 Å². The molecule has 0 radical (unpaired) electrons. The number of hydrogen-bond acceptors (Lipinski definition) is 3. The molecule has 1 amide bonds. The SMILES string of the molecule is O=C(NCCCCCN1CCCCC1)c1ccc(OC(F)F)cc1. The molecule has 0 atom stereocenters. The average molecular weight is 340 g/mol. The first-order chi connectivity index (χ1) is 11.6. The number of carbonyl (C=O) groups excluding carboxylic acids is 1. The van der Waals surface area contributed by atoms with Crippen LogP contribution in [0.2, 0.25) is 0 Å². The number of amides is 1. The van der Waals surface area contributed by atoms with Crippen molar-refractivity contribution in [3.63, 3.8) is 0 Å². The molecule has 0 bridgehead atoms. The van der Waals surface area contributed by atoms with Crippen LogP contribution in [-0.4, -0.2) is 43.6 Å². The van der Waals surface area contributed by atoms with Crippen molar-refractivity contribution in [2.24, 2.45) is 0 Å². The van der Waals surface area contributed by atoms with E-state index in [1.165, 1.54) is 56.6 Å². The maximum absolute atomic E-state index is 12.1. The molecule has 24 heavy (non-hydrogen) atoms. The Morgan fingerprint density at radius 1 is 1.08 bits per heavy atom. The first-order valence-corrected chi connectivity index (χ1v) is 8.70. The van der Waals surface area contributed by atoms with E-state index >= 15 is 0 Å². The van der Waals surface area contributed by atoms with Gasteiger partial charge in [0.25, 0.3) is 5.91 Å². The van der Waals surface area contributed by atoms with Crippen LogP contribution in [0.1, 0.15) is 48.9 Å². The predicted octanol–water partition coefficient (Wildman–Crippen LogP) is 3.67. The Labute approximate surface area is 142 Å². The number of benzene rings is 1. The fourth-order valence-electron chi connectivity index (χ4n) is 2.91. The van der Waals surface area contributed by atoms with E-state index in [-0.39, 0.29) is 11.7 Å². The van der Waals surface area contributed by atoms with Gasteiger partial charge >= 0.3 is 6.61 Å². The second kappa shape index (κ2) is 10.2. The highest BCUT2D eigenvalue weighted by molar-refractivity contribution is 5.94. The lowest BCUT2D eigenvalue weighted by Gasteiger charge is -2.26. The van der Waals surface area contributed by atoms with Crippen molar-refractivity contribution >= 4 is 5.91 Å². The lowest BCUT2D eigenvalue weighted by atomic mass is 10.1. The van der Waals surface area contributed by atoms with Gasteiger partial charge in [0.15, 0.2) is 0 Å². The Kier molecular flexibility index (Phi) is 7.95. The number of carbonyl (C=O) groups is 1. The molecule has 0 unspecified atom stereocenters. The molecule has 1 N–H and O–H groups in total. The minimum atomic E-state index is -2.85. The summed E-state index contributed by atoms with van der Waals surface area (Å²) in [6.45, 7) is 1.38. The zero-order valence-corrected chi connectivity index (χ0v) is 14.0. The minimum absolute atomic E-state index is 0.0549.